The van der Waals surface area contributed by atoms with Gasteiger partial charge in [0.1, 0.15) is 6.10 Å². The molecule has 25 heavy (non-hydrogen) atoms. The Morgan fingerprint density at radius 2 is 1.84 bits per heavy atom. The van der Waals surface area contributed by atoms with Crippen LogP contribution in [0.4, 0.5) is 0 Å². The molecule has 2 aliphatic heterocycles. The molecule has 1 saturated heterocycles. The van der Waals surface area contributed by atoms with E-state index in [1.807, 2.05) is 17.0 Å². The van der Waals surface area contributed by atoms with Crippen molar-refractivity contribution in [2.24, 2.45) is 0 Å². The maximum absolute atomic E-state index is 12.9. The summed E-state index contributed by atoms with van der Waals surface area (Å²) in [5.41, 5.74) is 3.82. The standard InChI is InChI=1S/C20H22N2O2.ClH/c23-20(19-12-21-10-11-24-19)22-13-16-8-4-5-9-17(16)18(14-22)15-6-2-1-3-7-15;/h1-9,18-19,21H,10-14H2;1H. The Morgan fingerprint density at radius 3 is 2.60 bits per heavy atom. The molecular weight excluding hydrogens is 336 g/mol. The molecular formula is C20H23ClN2O2. The van der Waals surface area contributed by atoms with Crippen LogP contribution in [0.2, 0.25) is 0 Å². The molecule has 2 aromatic carbocycles. The van der Waals surface area contributed by atoms with E-state index in [4.69, 9.17) is 4.74 Å². The van der Waals surface area contributed by atoms with Crippen LogP contribution in [-0.4, -0.2) is 43.2 Å². The SMILES string of the molecule is Cl.O=C(C1CNCCO1)N1Cc2ccccc2C(c2ccccc2)C1. The van der Waals surface area contributed by atoms with E-state index in [1.165, 1.54) is 16.7 Å². The first-order valence-corrected chi connectivity index (χ1v) is 8.57. The first-order valence-electron chi connectivity index (χ1n) is 8.57. The molecule has 0 radical (unpaired) electrons. The third kappa shape index (κ3) is 3.71. The number of carbonyl (C=O) groups excluding carboxylic acids is 1. The minimum absolute atomic E-state index is 0. The number of benzene rings is 2. The van der Waals surface area contributed by atoms with Gasteiger partial charge in [-0.2, -0.15) is 0 Å². The Morgan fingerprint density at radius 1 is 1.08 bits per heavy atom. The maximum Gasteiger partial charge on any atom is 0.253 e. The lowest BCUT2D eigenvalue weighted by atomic mass is 9.84. The van der Waals surface area contributed by atoms with Crippen LogP contribution in [-0.2, 0) is 16.1 Å². The number of nitrogens with zero attached hydrogens (tertiary/aromatic N) is 1. The number of morpholine rings is 1. The molecule has 1 amide bonds. The van der Waals surface area contributed by atoms with Crippen LogP contribution in [0.15, 0.2) is 54.6 Å². The van der Waals surface area contributed by atoms with Crippen LogP contribution in [0, 0.1) is 0 Å². The predicted octanol–water partition coefficient (Wildman–Crippen LogP) is 2.57. The molecule has 4 nitrogen and oxygen atoms in total. The van der Waals surface area contributed by atoms with Gasteiger partial charge in [-0.3, -0.25) is 4.79 Å². The van der Waals surface area contributed by atoms with Gasteiger partial charge in [0.15, 0.2) is 0 Å². The van der Waals surface area contributed by atoms with Crippen LogP contribution in [0.1, 0.15) is 22.6 Å². The second kappa shape index (κ2) is 8.00. The molecule has 2 unspecified atom stereocenters. The van der Waals surface area contributed by atoms with E-state index in [1.54, 1.807) is 0 Å². The minimum atomic E-state index is -0.361. The fourth-order valence-electron chi connectivity index (χ4n) is 3.67. The molecule has 1 N–H and O–H groups in total. The molecule has 1 fully saturated rings. The van der Waals surface area contributed by atoms with Gasteiger partial charge in [-0.1, -0.05) is 54.6 Å². The molecule has 2 aliphatic rings. The summed E-state index contributed by atoms with van der Waals surface area (Å²) in [6.07, 6.45) is -0.361. The van der Waals surface area contributed by atoms with Gasteiger partial charge in [0, 0.05) is 32.1 Å². The van der Waals surface area contributed by atoms with Crippen LogP contribution in [0.3, 0.4) is 0 Å². The molecule has 0 bridgehead atoms. The van der Waals surface area contributed by atoms with Crippen molar-refractivity contribution in [3.63, 3.8) is 0 Å². The van der Waals surface area contributed by atoms with E-state index < -0.39 is 0 Å². The Balaban J connectivity index is 0.00000182. The summed E-state index contributed by atoms with van der Waals surface area (Å²) in [6, 6.07) is 18.9. The van der Waals surface area contributed by atoms with E-state index in [9.17, 15) is 4.79 Å². The highest BCUT2D eigenvalue weighted by Gasteiger charge is 2.33. The van der Waals surface area contributed by atoms with E-state index in [2.05, 4.69) is 47.8 Å². The summed E-state index contributed by atoms with van der Waals surface area (Å²) in [5.74, 6) is 0.314. The lowest BCUT2D eigenvalue weighted by Gasteiger charge is -2.37. The molecule has 2 heterocycles. The van der Waals surface area contributed by atoms with Gasteiger partial charge in [-0.05, 0) is 16.7 Å². The minimum Gasteiger partial charge on any atom is -0.366 e. The number of rotatable bonds is 2. The third-order valence-electron chi connectivity index (χ3n) is 4.91. The first-order chi connectivity index (χ1) is 11.8. The molecule has 4 rings (SSSR count). The summed E-state index contributed by atoms with van der Waals surface area (Å²) < 4.78 is 5.67. The number of ether oxygens (including phenoxy) is 1. The monoisotopic (exact) mass is 358 g/mol. The van der Waals surface area contributed by atoms with E-state index in [-0.39, 0.29) is 30.3 Å². The van der Waals surface area contributed by atoms with E-state index in [0.717, 1.165) is 6.54 Å². The Hall–Kier alpha value is -1.88. The molecule has 2 atom stereocenters. The van der Waals surface area contributed by atoms with Crippen molar-refractivity contribution >= 4 is 18.3 Å². The first kappa shape index (κ1) is 17.9. The molecule has 5 heteroatoms. The number of nitrogens with one attached hydrogen (secondary N) is 1. The highest BCUT2D eigenvalue weighted by Crippen LogP contribution is 2.33. The van der Waals surface area contributed by atoms with Crippen LogP contribution >= 0.6 is 12.4 Å². The molecule has 0 spiro atoms. The lowest BCUT2D eigenvalue weighted by molar-refractivity contribution is -0.146. The Labute approximate surface area is 154 Å². The number of hydrogen-bond acceptors (Lipinski definition) is 3. The summed E-state index contributed by atoms with van der Waals surface area (Å²) in [6.45, 7) is 3.40. The van der Waals surface area contributed by atoms with Crippen molar-refractivity contribution in [3.8, 4) is 0 Å². The molecule has 0 aromatic heterocycles. The summed E-state index contributed by atoms with van der Waals surface area (Å²) in [7, 11) is 0. The normalized spacial score (nSPS) is 22.6. The topological polar surface area (TPSA) is 41.6 Å². The van der Waals surface area contributed by atoms with Gasteiger partial charge in [-0.15, -0.1) is 12.4 Å². The smallest absolute Gasteiger partial charge is 0.253 e. The molecule has 2 aromatic rings. The van der Waals surface area contributed by atoms with Crippen molar-refractivity contribution in [1.82, 2.24) is 10.2 Å². The summed E-state index contributed by atoms with van der Waals surface area (Å²) in [4.78, 5) is 14.9. The predicted molar refractivity (Wildman–Crippen MR) is 100 cm³/mol. The fraction of sp³-hybridized carbons (Fsp3) is 0.350. The fourth-order valence-corrected chi connectivity index (χ4v) is 3.67. The van der Waals surface area contributed by atoms with Crippen LogP contribution in [0.25, 0.3) is 0 Å². The molecule has 132 valence electrons. The van der Waals surface area contributed by atoms with Crippen LogP contribution < -0.4 is 5.32 Å². The Kier molecular flexibility index (Phi) is 5.74. The lowest BCUT2D eigenvalue weighted by Crippen LogP contribution is -2.51. The molecule has 0 aliphatic carbocycles. The number of halogens is 1. The second-order valence-corrected chi connectivity index (χ2v) is 6.44. The maximum atomic E-state index is 12.9. The van der Waals surface area contributed by atoms with Crippen molar-refractivity contribution in [2.45, 2.75) is 18.6 Å². The largest absolute Gasteiger partial charge is 0.366 e. The van der Waals surface area contributed by atoms with Crippen molar-refractivity contribution in [1.29, 1.82) is 0 Å². The van der Waals surface area contributed by atoms with Crippen molar-refractivity contribution in [3.05, 3.63) is 71.3 Å². The van der Waals surface area contributed by atoms with Gasteiger partial charge < -0.3 is 15.0 Å². The quantitative estimate of drug-likeness (QED) is 0.897. The zero-order valence-electron chi connectivity index (χ0n) is 14.1. The third-order valence-corrected chi connectivity index (χ3v) is 4.91. The number of carbonyl (C=O) groups is 1. The van der Waals surface area contributed by atoms with Crippen LogP contribution in [0.5, 0.6) is 0 Å². The van der Waals surface area contributed by atoms with Gasteiger partial charge in [0.05, 0.1) is 6.61 Å². The number of hydrogen-bond donors (Lipinski definition) is 1. The second-order valence-electron chi connectivity index (χ2n) is 6.44. The highest BCUT2D eigenvalue weighted by molar-refractivity contribution is 5.85. The van der Waals surface area contributed by atoms with Crippen molar-refractivity contribution < 1.29 is 9.53 Å². The average Bonchev–Trinajstić information content (AvgIpc) is 2.68. The summed E-state index contributed by atoms with van der Waals surface area (Å²) in [5, 5.41) is 3.24. The van der Waals surface area contributed by atoms with Crippen molar-refractivity contribution in [2.75, 3.05) is 26.2 Å². The van der Waals surface area contributed by atoms with Gasteiger partial charge >= 0.3 is 0 Å². The highest BCUT2D eigenvalue weighted by atomic mass is 35.5. The summed E-state index contributed by atoms with van der Waals surface area (Å²) >= 11 is 0. The van der Waals surface area contributed by atoms with E-state index >= 15 is 0 Å². The zero-order valence-corrected chi connectivity index (χ0v) is 14.9. The molecule has 0 saturated carbocycles. The van der Waals surface area contributed by atoms with Gasteiger partial charge in [-0.25, -0.2) is 0 Å². The zero-order chi connectivity index (χ0) is 16.4. The van der Waals surface area contributed by atoms with E-state index in [0.29, 0.717) is 26.2 Å². The number of amides is 1. The Bertz CT molecular complexity index is 717. The number of fused-ring (bicyclic) bond motifs is 1. The van der Waals surface area contributed by atoms with Gasteiger partial charge in [0.25, 0.3) is 5.91 Å². The van der Waals surface area contributed by atoms with Gasteiger partial charge in [0.2, 0.25) is 0 Å². The average molecular weight is 359 g/mol.